The van der Waals surface area contributed by atoms with E-state index in [1.54, 1.807) is 0 Å². The lowest BCUT2D eigenvalue weighted by atomic mass is 10.0. The van der Waals surface area contributed by atoms with Crippen LogP contribution in [-0.2, 0) is 11.9 Å². The van der Waals surface area contributed by atoms with Gasteiger partial charge in [0.1, 0.15) is 0 Å². The molecule has 21 heavy (non-hydrogen) atoms. The fourth-order valence-electron chi connectivity index (χ4n) is 2.70. The molecule has 0 aliphatic carbocycles. The number of rotatable bonds is 3. The van der Waals surface area contributed by atoms with E-state index in [2.05, 4.69) is 5.48 Å². The lowest BCUT2D eigenvalue weighted by Gasteiger charge is -2.08. The minimum Gasteiger partial charge on any atom is -0.343 e. The molecule has 1 N–H and O–H groups in total. The molecular formula is C17H16N2O2. The summed E-state index contributed by atoms with van der Waals surface area (Å²) in [7, 11) is 3.40. The molecule has 1 amide bonds. The Morgan fingerprint density at radius 2 is 1.71 bits per heavy atom. The Balaban J connectivity index is 2.34. The number of hydroxylamine groups is 1. The Hall–Kier alpha value is -2.59. The summed E-state index contributed by atoms with van der Waals surface area (Å²) in [6.07, 6.45) is 0. The van der Waals surface area contributed by atoms with Crippen LogP contribution in [0.3, 0.4) is 0 Å². The molecule has 0 spiro atoms. The zero-order chi connectivity index (χ0) is 14.8. The number of nitrogens with zero attached hydrogens (tertiary/aromatic N) is 1. The van der Waals surface area contributed by atoms with E-state index >= 15 is 0 Å². The van der Waals surface area contributed by atoms with Crippen LogP contribution in [0.2, 0.25) is 0 Å². The Labute approximate surface area is 122 Å². The highest BCUT2D eigenvalue weighted by atomic mass is 16.6. The standard InChI is InChI=1S/C17H16N2O2/c1-19-14-11-7-6-10-13(14)15(17(20)18-21-2)16(19)12-8-4-3-5-9-12/h3-11H,1-2H3,(H,18,20). The van der Waals surface area contributed by atoms with E-state index in [-0.39, 0.29) is 5.91 Å². The van der Waals surface area contributed by atoms with Crippen molar-refractivity contribution in [2.45, 2.75) is 0 Å². The van der Waals surface area contributed by atoms with Crippen molar-refractivity contribution >= 4 is 16.8 Å². The fraction of sp³-hybridized carbons (Fsp3) is 0.118. The zero-order valence-corrected chi connectivity index (χ0v) is 12.0. The van der Waals surface area contributed by atoms with Crippen LogP contribution < -0.4 is 5.48 Å². The highest BCUT2D eigenvalue weighted by Crippen LogP contribution is 2.32. The van der Waals surface area contributed by atoms with E-state index in [0.717, 1.165) is 22.2 Å². The first-order valence-electron chi connectivity index (χ1n) is 6.70. The third-order valence-corrected chi connectivity index (χ3v) is 3.58. The Morgan fingerprint density at radius 1 is 1.05 bits per heavy atom. The van der Waals surface area contributed by atoms with Gasteiger partial charge in [-0.3, -0.25) is 9.63 Å². The first-order chi connectivity index (χ1) is 10.2. The maximum Gasteiger partial charge on any atom is 0.277 e. The average Bonchev–Trinajstić information content (AvgIpc) is 2.82. The first-order valence-corrected chi connectivity index (χ1v) is 6.70. The van der Waals surface area contributed by atoms with Crippen LogP contribution in [0.5, 0.6) is 0 Å². The summed E-state index contributed by atoms with van der Waals surface area (Å²) < 4.78 is 2.04. The van der Waals surface area contributed by atoms with Crippen molar-refractivity contribution in [2.75, 3.05) is 7.11 Å². The zero-order valence-electron chi connectivity index (χ0n) is 12.0. The third kappa shape index (κ3) is 2.19. The van der Waals surface area contributed by atoms with E-state index in [9.17, 15) is 4.79 Å². The molecule has 4 nitrogen and oxygen atoms in total. The van der Waals surface area contributed by atoms with Crippen LogP contribution in [0.4, 0.5) is 0 Å². The van der Waals surface area contributed by atoms with Crippen LogP contribution in [0.15, 0.2) is 54.6 Å². The summed E-state index contributed by atoms with van der Waals surface area (Å²) in [6, 6.07) is 17.7. The molecule has 0 bridgehead atoms. The van der Waals surface area contributed by atoms with Gasteiger partial charge in [-0.15, -0.1) is 0 Å². The third-order valence-electron chi connectivity index (χ3n) is 3.58. The van der Waals surface area contributed by atoms with E-state index in [1.807, 2.05) is 66.2 Å². The second-order valence-corrected chi connectivity index (χ2v) is 4.80. The quantitative estimate of drug-likeness (QED) is 0.749. The van der Waals surface area contributed by atoms with Gasteiger partial charge in [-0.1, -0.05) is 48.5 Å². The van der Waals surface area contributed by atoms with Crippen molar-refractivity contribution in [2.24, 2.45) is 7.05 Å². The number of fused-ring (bicyclic) bond motifs is 1. The molecule has 1 aromatic heterocycles. The van der Waals surface area contributed by atoms with Gasteiger partial charge in [-0.05, 0) is 11.6 Å². The highest BCUT2D eigenvalue weighted by molar-refractivity contribution is 6.12. The van der Waals surface area contributed by atoms with Gasteiger partial charge in [0, 0.05) is 18.0 Å². The molecule has 0 radical (unpaired) electrons. The minimum absolute atomic E-state index is 0.242. The van der Waals surface area contributed by atoms with E-state index < -0.39 is 0 Å². The monoisotopic (exact) mass is 280 g/mol. The molecule has 0 aliphatic rings. The lowest BCUT2D eigenvalue weighted by Crippen LogP contribution is -2.22. The largest absolute Gasteiger partial charge is 0.343 e. The molecule has 2 aromatic carbocycles. The van der Waals surface area contributed by atoms with Crippen LogP contribution in [-0.4, -0.2) is 17.6 Å². The topological polar surface area (TPSA) is 43.3 Å². The molecular weight excluding hydrogens is 264 g/mol. The van der Waals surface area contributed by atoms with E-state index in [0.29, 0.717) is 5.56 Å². The molecule has 0 unspecified atom stereocenters. The summed E-state index contributed by atoms with van der Waals surface area (Å²) in [5.74, 6) is -0.242. The van der Waals surface area contributed by atoms with Gasteiger partial charge in [0.25, 0.3) is 5.91 Å². The van der Waals surface area contributed by atoms with Crippen molar-refractivity contribution in [3.63, 3.8) is 0 Å². The predicted octanol–water partition coefficient (Wildman–Crippen LogP) is 3.14. The highest BCUT2D eigenvalue weighted by Gasteiger charge is 2.21. The number of benzene rings is 2. The van der Waals surface area contributed by atoms with Gasteiger partial charge in [0.05, 0.1) is 18.4 Å². The summed E-state index contributed by atoms with van der Waals surface area (Å²) in [5, 5.41) is 0.911. The smallest absolute Gasteiger partial charge is 0.277 e. The maximum atomic E-state index is 12.4. The van der Waals surface area contributed by atoms with Crippen molar-refractivity contribution in [3.8, 4) is 11.3 Å². The Kier molecular flexibility index (Phi) is 3.46. The number of aryl methyl sites for hydroxylation is 1. The summed E-state index contributed by atoms with van der Waals surface area (Å²) >= 11 is 0. The number of hydrogen-bond donors (Lipinski definition) is 1. The number of aromatic nitrogens is 1. The SMILES string of the molecule is CONC(=O)c1c(-c2ccccc2)n(C)c2ccccc12. The molecule has 3 rings (SSSR count). The molecule has 0 fully saturated rings. The van der Waals surface area contributed by atoms with Crippen LogP contribution >= 0.6 is 0 Å². The molecule has 0 atom stereocenters. The van der Waals surface area contributed by atoms with Crippen LogP contribution in [0, 0.1) is 0 Å². The van der Waals surface area contributed by atoms with Gasteiger partial charge in [0.15, 0.2) is 0 Å². The molecule has 1 heterocycles. The van der Waals surface area contributed by atoms with Crippen molar-refractivity contribution in [1.29, 1.82) is 0 Å². The van der Waals surface area contributed by atoms with Crippen molar-refractivity contribution in [1.82, 2.24) is 10.0 Å². The first kappa shape index (κ1) is 13.4. The van der Waals surface area contributed by atoms with Gasteiger partial charge in [0.2, 0.25) is 0 Å². The number of amides is 1. The van der Waals surface area contributed by atoms with Gasteiger partial charge in [-0.2, -0.15) is 0 Å². The molecule has 3 aromatic rings. The minimum atomic E-state index is -0.242. The van der Waals surface area contributed by atoms with Crippen LogP contribution in [0.25, 0.3) is 22.2 Å². The van der Waals surface area contributed by atoms with E-state index in [4.69, 9.17) is 4.84 Å². The number of carbonyl (C=O) groups is 1. The molecule has 0 saturated heterocycles. The maximum absolute atomic E-state index is 12.4. The van der Waals surface area contributed by atoms with Crippen molar-refractivity contribution < 1.29 is 9.63 Å². The number of para-hydroxylation sites is 1. The molecule has 0 saturated carbocycles. The summed E-state index contributed by atoms with van der Waals surface area (Å²) in [6.45, 7) is 0. The van der Waals surface area contributed by atoms with Gasteiger partial charge >= 0.3 is 0 Å². The second-order valence-electron chi connectivity index (χ2n) is 4.80. The molecule has 106 valence electrons. The predicted molar refractivity (Wildman–Crippen MR) is 82.8 cm³/mol. The number of carbonyl (C=O) groups excluding carboxylic acids is 1. The van der Waals surface area contributed by atoms with E-state index in [1.165, 1.54) is 7.11 Å². The molecule has 0 aliphatic heterocycles. The Bertz CT molecular complexity index is 791. The average molecular weight is 280 g/mol. The normalized spacial score (nSPS) is 10.8. The summed E-state index contributed by atoms with van der Waals surface area (Å²) in [4.78, 5) is 17.2. The van der Waals surface area contributed by atoms with Gasteiger partial charge in [-0.25, -0.2) is 5.48 Å². The summed E-state index contributed by atoms with van der Waals surface area (Å²) in [5.41, 5.74) is 5.94. The lowest BCUT2D eigenvalue weighted by molar-refractivity contribution is 0.0540. The number of nitrogens with one attached hydrogen (secondary N) is 1. The Morgan fingerprint density at radius 3 is 2.43 bits per heavy atom. The fourth-order valence-corrected chi connectivity index (χ4v) is 2.70. The van der Waals surface area contributed by atoms with Gasteiger partial charge < -0.3 is 4.57 Å². The van der Waals surface area contributed by atoms with Crippen LogP contribution in [0.1, 0.15) is 10.4 Å². The van der Waals surface area contributed by atoms with Crippen molar-refractivity contribution in [3.05, 3.63) is 60.2 Å². The number of hydrogen-bond acceptors (Lipinski definition) is 2. The molecule has 4 heteroatoms. The second kappa shape index (κ2) is 5.42.